The van der Waals surface area contributed by atoms with Crippen LogP contribution in [0.4, 0.5) is 0 Å². The van der Waals surface area contributed by atoms with Crippen molar-refractivity contribution in [3.05, 3.63) is 53.9 Å². The van der Waals surface area contributed by atoms with Gasteiger partial charge in [-0.2, -0.15) is 0 Å². The second kappa shape index (κ2) is 5.86. The van der Waals surface area contributed by atoms with Crippen LogP contribution in [0.3, 0.4) is 0 Å². The standard InChI is InChI=1S/C14H14N2O3/c1-19-13-5-3-2-4-10(13)8-16-14(18)11-6-12(17)9-15-7-11/h2-7,9,17H,8H2,1H3,(H,16,18). The summed E-state index contributed by atoms with van der Waals surface area (Å²) in [5, 5.41) is 12.0. The topological polar surface area (TPSA) is 71.5 Å². The van der Waals surface area contributed by atoms with E-state index in [4.69, 9.17) is 4.74 Å². The number of ether oxygens (including phenoxy) is 1. The molecule has 2 aromatic rings. The van der Waals surface area contributed by atoms with Gasteiger partial charge in [0, 0.05) is 18.3 Å². The largest absolute Gasteiger partial charge is 0.506 e. The lowest BCUT2D eigenvalue weighted by Gasteiger charge is -2.09. The summed E-state index contributed by atoms with van der Waals surface area (Å²) in [5.41, 5.74) is 1.20. The van der Waals surface area contributed by atoms with Crippen LogP contribution in [0.15, 0.2) is 42.7 Å². The van der Waals surface area contributed by atoms with Gasteiger partial charge in [-0.1, -0.05) is 18.2 Å². The Kier molecular flexibility index (Phi) is 3.97. The third-order valence-electron chi connectivity index (χ3n) is 2.62. The molecule has 5 heteroatoms. The summed E-state index contributed by atoms with van der Waals surface area (Å²) in [5.74, 6) is 0.385. The maximum atomic E-state index is 11.9. The number of benzene rings is 1. The van der Waals surface area contributed by atoms with Crippen molar-refractivity contribution in [2.75, 3.05) is 7.11 Å². The molecule has 0 fully saturated rings. The Balaban J connectivity index is 2.04. The van der Waals surface area contributed by atoms with Crippen LogP contribution in [-0.4, -0.2) is 23.1 Å². The van der Waals surface area contributed by atoms with Gasteiger partial charge in [-0.15, -0.1) is 0 Å². The van der Waals surface area contributed by atoms with Crippen molar-refractivity contribution in [3.8, 4) is 11.5 Å². The number of pyridine rings is 1. The van der Waals surface area contributed by atoms with Crippen LogP contribution in [0.25, 0.3) is 0 Å². The van der Waals surface area contributed by atoms with E-state index in [0.29, 0.717) is 12.1 Å². The van der Waals surface area contributed by atoms with Crippen molar-refractivity contribution in [2.45, 2.75) is 6.54 Å². The van der Waals surface area contributed by atoms with Crippen LogP contribution in [-0.2, 0) is 6.54 Å². The fraction of sp³-hybridized carbons (Fsp3) is 0.143. The summed E-state index contributed by atoms with van der Waals surface area (Å²) in [6.45, 7) is 0.346. The van der Waals surface area contributed by atoms with Gasteiger partial charge in [0.05, 0.1) is 18.9 Å². The average molecular weight is 258 g/mol. The third kappa shape index (κ3) is 3.22. The molecule has 0 aliphatic heterocycles. The number of aromatic nitrogens is 1. The molecule has 0 saturated heterocycles. The smallest absolute Gasteiger partial charge is 0.253 e. The zero-order chi connectivity index (χ0) is 13.7. The second-order valence-electron chi connectivity index (χ2n) is 3.93. The monoisotopic (exact) mass is 258 g/mol. The van der Waals surface area contributed by atoms with Gasteiger partial charge in [-0.05, 0) is 12.1 Å². The van der Waals surface area contributed by atoms with Crippen molar-refractivity contribution in [2.24, 2.45) is 0 Å². The van der Waals surface area contributed by atoms with Crippen LogP contribution in [0, 0.1) is 0 Å². The SMILES string of the molecule is COc1ccccc1CNC(=O)c1cncc(O)c1. The molecule has 1 aromatic heterocycles. The Labute approximate surface area is 110 Å². The molecule has 0 spiro atoms. The molecule has 0 aliphatic carbocycles. The van der Waals surface area contributed by atoms with Gasteiger partial charge in [-0.25, -0.2) is 0 Å². The van der Waals surface area contributed by atoms with E-state index in [1.54, 1.807) is 7.11 Å². The predicted molar refractivity (Wildman–Crippen MR) is 70.1 cm³/mol. The lowest BCUT2D eigenvalue weighted by Crippen LogP contribution is -2.23. The van der Waals surface area contributed by atoms with Crippen LogP contribution < -0.4 is 10.1 Å². The van der Waals surface area contributed by atoms with Gasteiger partial charge in [0.25, 0.3) is 5.91 Å². The van der Waals surface area contributed by atoms with E-state index in [1.165, 1.54) is 18.5 Å². The quantitative estimate of drug-likeness (QED) is 0.876. The normalized spacial score (nSPS) is 9.95. The number of methoxy groups -OCH3 is 1. The van der Waals surface area contributed by atoms with Gasteiger partial charge in [0.15, 0.2) is 0 Å². The average Bonchev–Trinajstić information content (AvgIpc) is 2.45. The summed E-state index contributed by atoms with van der Waals surface area (Å²) in [6, 6.07) is 8.81. The van der Waals surface area contributed by atoms with Crippen molar-refractivity contribution in [1.82, 2.24) is 10.3 Å². The summed E-state index contributed by atoms with van der Waals surface area (Å²) in [7, 11) is 1.58. The molecular formula is C14H14N2O3. The third-order valence-corrected chi connectivity index (χ3v) is 2.62. The first-order valence-electron chi connectivity index (χ1n) is 5.75. The number of nitrogens with one attached hydrogen (secondary N) is 1. The molecule has 0 atom stereocenters. The molecule has 2 N–H and O–H groups in total. The molecule has 1 heterocycles. The van der Waals surface area contributed by atoms with Crippen LogP contribution in [0.1, 0.15) is 15.9 Å². The molecule has 1 amide bonds. The number of rotatable bonds is 4. The molecule has 0 bridgehead atoms. The fourth-order valence-electron chi connectivity index (χ4n) is 1.68. The van der Waals surface area contributed by atoms with E-state index < -0.39 is 0 Å². The number of hydrogen-bond donors (Lipinski definition) is 2. The number of hydrogen-bond acceptors (Lipinski definition) is 4. The van der Waals surface area contributed by atoms with Crippen molar-refractivity contribution < 1.29 is 14.6 Å². The molecule has 98 valence electrons. The lowest BCUT2D eigenvalue weighted by molar-refractivity contribution is 0.0950. The Bertz CT molecular complexity index is 584. The first-order chi connectivity index (χ1) is 9.20. The van der Waals surface area contributed by atoms with Crippen molar-refractivity contribution in [1.29, 1.82) is 0 Å². The molecule has 2 rings (SSSR count). The van der Waals surface area contributed by atoms with E-state index in [-0.39, 0.29) is 11.7 Å². The molecule has 0 aliphatic rings. The second-order valence-corrected chi connectivity index (χ2v) is 3.93. The fourth-order valence-corrected chi connectivity index (χ4v) is 1.68. The van der Waals surface area contributed by atoms with Crippen molar-refractivity contribution >= 4 is 5.91 Å². The first kappa shape index (κ1) is 12.9. The minimum atomic E-state index is -0.297. The van der Waals surface area contributed by atoms with Gasteiger partial charge in [-0.3, -0.25) is 9.78 Å². The van der Waals surface area contributed by atoms with E-state index in [9.17, 15) is 9.90 Å². The van der Waals surface area contributed by atoms with Gasteiger partial charge >= 0.3 is 0 Å². The van der Waals surface area contributed by atoms with Crippen LogP contribution in [0.5, 0.6) is 11.5 Å². The number of nitrogens with zero attached hydrogens (tertiary/aromatic N) is 1. The zero-order valence-electron chi connectivity index (χ0n) is 10.5. The molecule has 0 saturated carbocycles. The molecule has 19 heavy (non-hydrogen) atoms. The highest BCUT2D eigenvalue weighted by molar-refractivity contribution is 5.94. The number of amides is 1. The Morgan fingerprint density at radius 2 is 2.16 bits per heavy atom. The molecule has 0 unspecified atom stereocenters. The number of aromatic hydroxyl groups is 1. The molecular weight excluding hydrogens is 244 g/mol. The lowest BCUT2D eigenvalue weighted by atomic mass is 10.2. The number of carbonyl (C=O) groups excluding carboxylic acids is 1. The number of para-hydroxylation sites is 1. The summed E-state index contributed by atoms with van der Waals surface area (Å²) < 4.78 is 5.20. The zero-order valence-corrected chi connectivity index (χ0v) is 10.5. The molecule has 0 radical (unpaired) electrons. The molecule has 1 aromatic carbocycles. The first-order valence-corrected chi connectivity index (χ1v) is 5.75. The molecule has 5 nitrogen and oxygen atoms in total. The van der Waals surface area contributed by atoms with Gasteiger partial charge < -0.3 is 15.2 Å². The predicted octanol–water partition coefficient (Wildman–Crippen LogP) is 1.73. The van der Waals surface area contributed by atoms with E-state index in [0.717, 1.165) is 11.3 Å². The van der Waals surface area contributed by atoms with Crippen LogP contribution in [0.2, 0.25) is 0 Å². The highest BCUT2D eigenvalue weighted by atomic mass is 16.5. The maximum absolute atomic E-state index is 11.9. The van der Waals surface area contributed by atoms with E-state index in [2.05, 4.69) is 10.3 Å². The Hall–Kier alpha value is -2.56. The highest BCUT2D eigenvalue weighted by Crippen LogP contribution is 2.17. The van der Waals surface area contributed by atoms with E-state index in [1.807, 2.05) is 24.3 Å². The Morgan fingerprint density at radius 3 is 2.89 bits per heavy atom. The summed E-state index contributed by atoms with van der Waals surface area (Å²) in [6.07, 6.45) is 2.67. The van der Waals surface area contributed by atoms with Crippen LogP contribution >= 0.6 is 0 Å². The highest BCUT2D eigenvalue weighted by Gasteiger charge is 2.08. The van der Waals surface area contributed by atoms with Gasteiger partial charge in [0.1, 0.15) is 11.5 Å². The van der Waals surface area contributed by atoms with Gasteiger partial charge in [0.2, 0.25) is 0 Å². The number of carbonyl (C=O) groups is 1. The van der Waals surface area contributed by atoms with Crippen molar-refractivity contribution in [3.63, 3.8) is 0 Å². The maximum Gasteiger partial charge on any atom is 0.253 e. The summed E-state index contributed by atoms with van der Waals surface area (Å²) in [4.78, 5) is 15.6. The minimum Gasteiger partial charge on any atom is -0.506 e. The summed E-state index contributed by atoms with van der Waals surface area (Å²) >= 11 is 0. The van der Waals surface area contributed by atoms with E-state index >= 15 is 0 Å². The minimum absolute atomic E-state index is 0.0371. The Morgan fingerprint density at radius 1 is 1.37 bits per heavy atom.